The zero-order valence-electron chi connectivity index (χ0n) is 11.6. The molecule has 3 heteroatoms. The lowest BCUT2D eigenvalue weighted by atomic mass is 10.3. The molecule has 0 aliphatic heterocycles. The highest BCUT2D eigenvalue weighted by atomic mass is 31.1. The number of hydrogen-bond donors (Lipinski definition) is 2. The summed E-state index contributed by atoms with van der Waals surface area (Å²) in [5, 5.41) is 6.18. The molecule has 104 valence electrons. The molecule has 0 unspecified atom stereocenters. The van der Waals surface area contributed by atoms with Gasteiger partial charge in [-0.15, -0.1) is 0 Å². The maximum absolute atomic E-state index is 6.07. The number of para-hydroxylation sites is 2. The van der Waals surface area contributed by atoms with Crippen molar-refractivity contribution in [2.75, 3.05) is 10.8 Å². The fraction of sp³-hybridized carbons (Fsp3) is 0. The van der Waals surface area contributed by atoms with Crippen molar-refractivity contribution in [1.82, 2.24) is 0 Å². The number of nitrogens with one attached hydrogen (secondary N) is 1. The highest BCUT2D eigenvalue weighted by Gasteiger charge is 2.14. The Labute approximate surface area is 126 Å². The smallest absolute Gasteiger partial charge is 0.0610 e. The number of rotatable bonds is 4. The first-order valence-corrected chi connectivity index (χ1v) is 8.20. The summed E-state index contributed by atoms with van der Waals surface area (Å²) < 4.78 is 0. The molecular formula is C18H17N2P. The van der Waals surface area contributed by atoms with E-state index in [1.165, 1.54) is 10.6 Å². The molecule has 3 rings (SSSR count). The van der Waals surface area contributed by atoms with Crippen LogP contribution in [0.3, 0.4) is 0 Å². The summed E-state index contributed by atoms with van der Waals surface area (Å²) in [5.41, 5.74) is 7.83. The Bertz CT molecular complexity index is 659. The second-order valence-corrected chi connectivity index (χ2v) is 6.63. The molecule has 0 bridgehead atoms. The SMILES string of the molecule is Nc1ccccc1NP(c1ccccc1)c1ccccc1. The summed E-state index contributed by atoms with van der Waals surface area (Å²) in [4.78, 5) is 0. The Hall–Kier alpha value is -2.31. The molecule has 0 amide bonds. The number of nitrogen functional groups attached to an aromatic ring is 1. The first-order valence-electron chi connectivity index (χ1n) is 6.86. The van der Waals surface area contributed by atoms with Gasteiger partial charge >= 0.3 is 0 Å². The molecule has 0 saturated heterocycles. The molecule has 0 atom stereocenters. The third-order valence-electron chi connectivity index (χ3n) is 3.22. The second-order valence-electron chi connectivity index (χ2n) is 4.71. The van der Waals surface area contributed by atoms with Crippen LogP contribution in [0.5, 0.6) is 0 Å². The van der Waals surface area contributed by atoms with E-state index in [0.29, 0.717) is 0 Å². The molecule has 0 spiro atoms. The van der Waals surface area contributed by atoms with E-state index in [4.69, 9.17) is 5.73 Å². The van der Waals surface area contributed by atoms with Crippen LogP contribution in [-0.4, -0.2) is 0 Å². The summed E-state index contributed by atoms with van der Waals surface area (Å²) in [5.74, 6) is 0. The first-order chi connectivity index (χ1) is 10.3. The van der Waals surface area contributed by atoms with Gasteiger partial charge in [0, 0.05) is 10.6 Å². The van der Waals surface area contributed by atoms with Crippen molar-refractivity contribution in [2.24, 2.45) is 0 Å². The molecule has 2 nitrogen and oxygen atoms in total. The highest BCUT2D eigenvalue weighted by Crippen LogP contribution is 2.36. The fourth-order valence-corrected chi connectivity index (χ4v) is 4.09. The van der Waals surface area contributed by atoms with Gasteiger partial charge in [0.25, 0.3) is 0 Å². The van der Waals surface area contributed by atoms with Crippen molar-refractivity contribution in [3.8, 4) is 0 Å². The van der Waals surface area contributed by atoms with E-state index in [1.54, 1.807) is 0 Å². The molecular weight excluding hydrogens is 275 g/mol. The van der Waals surface area contributed by atoms with E-state index in [2.05, 4.69) is 53.6 Å². The van der Waals surface area contributed by atoms with Gasteiger partial charge in [-0.1, -0.05) is 72.8 Å². The second kappa shape index (κ2) is 6.43. The van der Waals surface area contributed by atoms with Crippen LogP contribution in [-0.2, 0) is 0 Å². The van der Waals surface area contributed by atoms with E-state index in [0.717, 1.165) is 11.4 Å². The van der Waals surface area contributed by atoms with Crippen molar-refractivity contribution in [1.29, 1.82) is 0 Å². The Balaban J connectivity index is 1.99. The molecule has 0 aliphatic carbocycles. The Kier molecular flexibility index (Phi) is 4.18. The van der Waals surface area contributed by atoms with Gasteiger partial charge < -0.3 is 10.8 Å². The minimum atomic E-state index is -0.673. The van der Waals surface area contributed by atoms with Crippen molar-refractivity contribution in [2.45, 2.75) is 0 Å². The van der Waals surface area contributed by atoms with Crippen LogP contribution >= 0.6 is 8.07 Å². The molecule has 3 N–H and O–H groups in total. The number of nitrogens with two attached hydrogens (primary N) is 1. The van der Waals surface area contributed by atoms with Crippen LogP contribution in [0.1, 0.15) is 0 Å². The van der Waals surface area contributed by atoms with Crippen LogP contribution in [0.2, 0.25) is 0 Å². The van der Waals surface area contributed by atoms with E-state index in [9.17, 15) is 0 Å². The van der Waals surface area contributed by atoms with Crippen LogP contribution in [0.15, 0.2) is 84.9 Å². The van der Waals surface area contributed by atoms with Gasteiger partial charge in [-0.3, -0.25) is 0 Å². The van der Waals surface area contributed by atoms with Gasteiger partial charge in [0.1, 0.15) is 0 Å². The number of hydrogen-bond acceptors (Lipinski definition) is 2. The third kappa shape index (κ3) is 3.24. The molecule has 0 aliphatic rings. The summed E-state index contributed by atoms with van der Waals surface area (Å²) in [6.45, 7) is 0. The average molecular weight is 292 g/mol. The van der Waals surface area contributed by atoms with Crippen LogP contribution in [0, 0.1) is 0 Å². The Morgan fingerprint density at radius 2 is 1.10 bits per heavy atom. The lowest BCUT2D eigenvalue weighted by Crippen LogP contribution is -2.17. The summed E-state index contributed by atoms with van der Waals surface area (Å²) in [6.07, 6.45) is 0. The Morgan fingerprint density at radius 1 is 0.619 bits per heavy atom. The van der Waals surface area contributed by atoms with E-state index >= 15 is 0 Å². The number of anilines is 2. The van der Waals surface area contributed by atoms with Crippen molar-refractivity contribution in [3.05, 3.63) is 84.9 Å². The zero-order valence-corrected chi connectivity index (χ0v) is 12.5. The van der Waals surface area contributed by atoms with Crippen LogP contribution in [0.4, 0.5) is 11.4 Å². The minimum absolute atomic E-state index is 0.673. The normalized spacial score (nSPS) is 10.5. The molecule has 21 heavy (non-hydrogen) atoms. The van der Waals surface area contributed by atoms with Gasteiger partial charge in [0.15, 0.2) is 0 Å². The molecule has 3 aromatic rings. The van der Waals surface area contributed by atoms with E-state index in [-0.39, 0.29) is 0 Å². The quantitative estimate of drug-likeness (QED) is 0.568. The minimum Gasteiger partial charge on any atom is -0.397 e. The topological polar surface area (TPSA) is 38.0 Å². The predicted molar refractivity (Wildman–Crippen MR) is 93.5 cm³/mol. The van der Waals surface area contributed by atoms with Crippen LogP contribution < -0.4 is 21.4 Å². The molecule has 0 aromatic heterocycles. The van der Waals surface area contributed by atoms with Crippen molar-refractivity contribution >= 4 is 30.1 Å². The van der Waals surface area contributed by atoms with Gasteiger partial charge in [-0.05, 0) is 12.1 Å². The molecule has 0 saturated carbocycles. The number of benzene rings is 3. The molecule has 0 fully saturated rings. The summed E-state index contributed by atoms with van der Waals surface area (Å²) >= 11 is 0. The fourth-order valence-electron chi connectivity index (χ4n) is 2.15. The monoisotopic (exact) mass is 292 g/mol. The maximum atomic E-state index is 6.07. The first kappa shape index (κ1) is 13.7. The van der Waals surface area contributed by atoms with Crippen molar-refractivity contribution < 1.29 is 0 Å². The Morgan fingerprint density at radius 3 is 1.62 bits per heavy atom. The largest absolute Gasteiger partial charge is 0.397 e. The zero-order chi connectivity index (χ0) is 14.5. The standard InChI is InChI=1S/C18H17N2P/c19-17-13-7-8-14-18(17)20-21(15-9-3-1-4-10-15)16-11-5-2-6-12-16/h1-14,20H,19H2. The molecule has 0 radical (unpaired) electrons. The van der Waals surface area contributed by atoms with Gasteiger partial charge in [-0.25, -0.2) is 0 Å². The summed E-state index contributed by atoms with van der Waals surface area (Å²) in [7, 11) is -0.673. The lowest BCUT2D eigenvalue weighted by Gasteiger charge is -2.21. The van der Waals surface area contributed by atoms with E-state index in [1.807, 2.05) is 36.4 Å². The van der Waals surface area contributed by atoms with Gasteiger partial charge in [0.2, 0.25) is 0 Å². The van der Waals surface area contributed by atoms with E-state index < -0.39 is 8.07 Å². The maximum Gasteiger partial charge on any atom is 0.0610 e. The van der Waals surface area contributed by atoms with Crippen molar-refractivity contribution in [3.63, 3.8) is 0 Å². The summed E-state index contributed by atoms with van der Waals surface area (Å²) in [6, 6.07) is 28.9. The predicted octanol–water partition coefficient (Wildman–Crippen LogP) is 3.73. The van der Waals surface area contributed by atoms with Gasteiger partial charge in [-0.2, -0.15) is 0 Å². The third-order valence-corrected chi connectivity index (χ3v) is 5.32. The highest BCUT2D eigenvalue weighted by molar-refractivity contribution is 7.74. The lowest BCUT2D eigenvalue weighted by molar-refractivity contribution is 1.65. The molecule has 3 aromatic carbocycles. The molecule has 0 heterocycles. The average Bonchev–Trinajstić information content (AvgIpc) is 2.56. The van der Waals surface area contributed by atoms with Gasteiger partial charge in [0.05, 0.1) is 19.4 Å². The van der Waals surface area contributed by atoms with Crippen LogP contribution in [0.25, 0.3) is 0 Å².